The van der Waals surface area contributed by atoms with Gasteiger partial charge in [-0.15, -0.1) is 0 Å². The van der Waals surface area contributed by atoms with Crippen LogP contribution in [0.5, 0.6) is 0 Å². The number of hydrogen-bond acceptors (Lipinski definition) is 3. The summed E-state index contributed by atoms with van der Waals surface area (Å²) in [7, 11) is -0.566. The highest BCUT2D eigenvalue weighted by Crippen LogP contribution is 2.17. The van der Waals surface area contributed by atoms with Crippen molar-refractivity contribution in [1.29, 1.82) is 0 Å². The first-order valence-electron chi connectivity index (χ1n) is 5.34. The van der Waals surface area contributed by atoms with E-state index in [9.17, 15) is 13.2 Å². The number of amides is 1. The van der Waals surface area contributed by atoms with Crippen LogP contribution in [-0.4, -0.2) is 32.7 Å². The molecule has 6 heteroatoms. The van der Waals surface area contributed by atoms with Gasteiger partial charge in [-0.2, -0.15) is 0 Å². The third-order valence-electron chi connectivity index (χ3n) is 2.20. The lowest BCUT2D eigenvalue weighted by atomic mass is 10.3. The van der Waals surface area contributed by atoms with Gasteiger partial charge in [-0.3, -0.25) is 4.79 Å². The van der Waals surface area contributed by atoms with Crippen molar-refractivity contribution < 1.29 is 13.2 Å². The molecule has 0 aliphatic heterocycles. The van der Waals surface area contributed by atoms with Crippen LogP contribution in [0.25, 0.3) is 0 Å². The molecular weight excluding hydrogens is 252 g/mol. The maximum atomic E-state index is 11.9. The first-order chi connectivity index (χ1) is 8.37. The van der Waals surface area contributed by atoms with E-state index in [1.165, 1.54) is 32.3 Å². The number of benzene rings is 1. The van der Waals surface area contributed by atoms with E-state index in [0.29, 0.717) is 5.69 Å². The van der Waals surface area contributed by atoms with Crippen molar-refractivity contribution >= 4 is 21.6 Å². The zero-order chi connectivity index (χ0) is 13.8. The molecule has 0 saturated carbocycles. The van der Waals surface area contributed by atoms with Crippen molar-refractivity contribution in [1.82, 2.24) is 4.31 Å². The molecule has 18 heavy (non-hydrogen) atoms. The fourth-order valence-electron chi connectivity index (χ4n) is 1.28. The lowest BCUT2D eigenvalue weighted by molar-refractivity contribution is -0.111. The summed E-state index contributed by atoms with van der Waals surface area (Å²) in [6, 6.07) is 6.13. The molecule has 0 radical (unpaired) electrons. The minimum absolute atomic E-state index is 0.144. The van der Waals surface area contributed by atoms with E-state index in [1.54, 1.807) is 25.1 Å². The molecule has 0 bridgehead atoms. The Bertz CT molecular complexity index is 562. The zero-order valence-electron chi connectivity index (χ0n) is 10.5. The van der Waals surface area contributed by atoms with E-state index < -0.39 is 10.0 Å². The van der Waals surface area contributed by atoms with Crippen molar-refractivity contribution in [3.8, 4) is 0 Å². The Morgan fingerprint density at radius 2 is 2.00 bits per heavy atom. The van der Waals surface area contributed by atoms with E-state index in [2.05, 4.69) is 5.32 Å². The predicted molar refractivity (Wildman–Crippen MR) is 70.8 cm³/mol. The molecule has 1 rings (SSSR count). The minimum Gasteiger partial charge on any atom is -0.322 e. The Balaban J connectivity index is 3.04. The molecule has 0 heterocycles. The van der Waals surface area contributed by atoms with Crippen LogP contribution in [0.15, 0.2) is 41.3 Å². The predicted octanol–water partition coefficient (Wildman–Crippen LogP) is 1.45. The van der Waals surface area contributed by atoms with E-state index in [-0.39, 0.29) is 10.8 Å². The van der Waals surface area contributed by atoms with Crippen LogP contribution in [-0.2, 0) is 14.8 Å². The molecule has 98 valence electrons. The maximum absolute atomic E-state index is 11.9. The summed E-state index contributed by atoms with van der Waals surface area (Å²) < 4.78 is 24.9. The van der Waals surface area contributed by atoms with Crippen molar-refractivity contribution in [3.63, 3.8) is 0 Å². The second-order valence-corrected chi connectivity index (χ2v) is 5.96. The highest BCUT2D eigenvalue weighted by molar-refractivity contribution is 7.89. The normalized spacial score (nSPS) is 12.0. The molecule has 5 nitrogen and oxygen atoms in total. The van der Waals surface area contributed by atoms with Gasteiger partial charge in [0.2, 0.25) is 15.9 Å². The average molecular weight is 268 g/mol. The van der Waals surface area contributed by atoms with Crippen molar-refractivity contribution in [2.75, 3.05) is 19.4 Å². The van der Waals surface area contributed by atoms with Gasteiger partial charge in [0, 0.05) is 19.8 Å². The molecule has 1 aromatic rings. The van der Waals surface area contributed by atoms with Gasteiger partial charge in [0.15, 0.2) is 0 Å². The molecule has 0 spiro atoms. The van der Waals surface area contributed by atoms with E-state index in [1.807, 2.05) is 0 Å². The number of carbonyl (C=O) groups is 1. The third kappa shape index (κ3) is 3.41. The van der Waals surface area contributed by atoms with Gasteiger partial charge in [0.05, 0.1) is 4.90 Å². The van der Waals surface area contributed by atoms with Crippen LogP contribution in [0.1, 0.15) is 6.92 Å². The second kappa shape index (κ2) is 5.79. The summed E-state index contributed by atoms with van der Waals surface area (Å²) in [5, 5.41) is 2.59. The SMILES string of the molecule is C/C=C\C(=O)Nc1cccc(S(=O)(=O)N(C)C)c1. The van der Waals surface area contributed by atoms with Crippen LogP contribution in [0.3, 0.4) is 0 Å². The van der Waals surface area contributed by atoms with Crippen LogP contribution in [0.2, 0.25) is 0 Å². The summed E-state index contributed by atoms with van der Waals surface area (Å²) >= 11 is 0. The highest BCUT2D eigenvalue weighted by atomic mass is 32.2. The molecule has 1 amide bonds. The molecule has 0 unspecified atom stereocenters. The van der Waals surface area contributed by atoms with E-state index in [4.69, 9.17) is 0 Å². The number of sulfonamides is 1. The Hall–Kier alpha value is -1.66. The van der Waals surface area contributed by atoms with Crippen LogP contribution in [0, 0.1) is 0 Å². The monoisotopic (exact) mass is 268 g/mol. The standard InChI is InChI=1S/C12H16N2O3S/c1-4-6-12(15)13-10-7-5-8-11(9-10)18(16,17)14(2)3/h4-9H,1-3H3,(H,13,15)/b6-4-. The average Bonchev–Trinajstić information content (AvgIpc) is 2.29. The summed E-state index contributed by atoms with van der Waals surface area (Å²) in [5.74, 6) is -0.295. The fraction of sp³-hybridized carbons (Fsp3) is 0.250. The van der Waals surface area contributed by atoms with Gasteiger partial charge in [0.1, 0.15) is 0 Å². The number of hydrogen-bond donors (Lipinski definition) is 1. The van der Waals surface area contributed by atoms with E-state index in [0.717, 1.165) is 4.31 Å². The number of nitrogens with zero attached hydrogens (tertiary/aromatic N) is 1. The van der Waals surface area contributed by atoms with Crippen LogP contribution in [0.4, 0.5) is 5.69 Å². The van der Waals surface area contributed by atoms with Crippen molar-refractivity contribution in [2.24, 2.45) is 0 Å². The zero-order valence-corrected chi connectivity index (χ0v) is 11.4. The first-order valence-corrected chi connectivity index (χ1v) is 6.78. The molecule has 0 saturated heterocycles. The molecule has 0 aliphatic carbocycles. The Morgan fingerprint density at radius 1 is 1.33 bits per heavy atom. The van der Waals surface area contributed by atoms with Crippen molar-refractivity contribution in [3.05, 3.63) is 36.4 Å². The van der Waals surface area contributed by atoms with E-state index >= 15 is 0 Å². The topological polar surface area (TPSA) is 66.5 Å². The third-order valence-corrected chi connectivity index (χ3v) is 4.01. The maximum Gasteiger partial charge on any atom is 0.248 e. The summed E-state index contributed by atoms with van der Waals surface area (Å²) in [6.45, 7) is 1.73. The summed E-state index contributed by atoms with van der Waals surface area (Å²) in [6.07, 6.45) is 2.98. The Kier molecular flexibility index (Phi) is 4.63. The molecule has 0 aromatic heterocycles. The Morgan fingerprint density at radius 3 is 2.56 bits per heavy atom. The number of allylic oxidation sites excluding steroid dienone is 1. The second-order valence-electron chi connectivity index (χ2n) is 3.80. The lowest BCUT2D eigenvalue weighted by Gasteiger charge is -2.12. The molecule has 1 aromatic carbocycles. The smallest absolute Gasteiger partial charge is 0.248 e. The molecule has 1 N–H and O–H groups in total. The fourth-order valence-corrected chi connectivity index (χ4v) is 2.23. The molecule has 0 fully saturated rings. The van der Waals surface area contributed by atoms with Gasteiger partial charge in [0.25, 0.3) is 0 Å². The minimum atomic E-state index is -3.48. The number of anilines is 1. The van der Waals surface area contributed by atoms with Gasteiger partial charge in [-0.25, -0.2) is 12.7 Å². The van der Waals surface area contributed by atoms with Gasteiger partial charge in [-0.1, -0.05) is 12.1 Å². The number of rotatable bonds is 4. The molecule has 0 aliphatic rings. The first kappa shape index (κ1) is 14.4. The van der Waals surface area contributed by atoms with Gasteiger partial charge < -0.3 is 5.32 Å². The Labute approximate surface area is 107 Å². The van der Waals surface area contributed by atoms with Crippen LogP contribution >= 0.6 is 0 Å². The quantitative estimate of drug-likeness (QED) is 0.840. The molecular formula is C12H16N2O3S. The number of nitrogens with one attached hydrogen (secondary N) is 1. The highest BCUT2D eigenvalue weighted by Gasteiger charge is 2.17. The largest absolute Gasteiger partial charge is 0.322 e. The summed E-state index contributed by atoms with van der Waals surface area (Å²) in [4.78, 5) is 11.5. The lowest BCUT2D eigenvalue weighted by Crippen LogP contribution is -2.22. The van der Waals surface area contributed by atoms with Gasteiger partial charge >= 0.3 is 0 Å². The number of carbonyl (C=O) groups excluding carboxylic acids is 1. The van der Waals surface area contributed by atoms with Crippen molar-refractivity contribution in [2.45, 2.75) is 11.8 Å². The molecule has 0 atom stereocenters. The van der Waals surface area contributed by atoms with Gasteiger partial charge in [-0.05, 0) is 31.2 Å². The van der Waals surface area contributed by atoms with Crippen LogP contribution < -0.4 is 5.32 Å². The summed E-state index contributed by atoms with van der Waals surface area (Å²) in [5.41, 5.74) is 0.445.